The van der Waals surface area contributed by atoms with Crippen molar-refractivity contribution in [3.63, 3.8) is 0 Å². The van der Waals surface area contributed by atoms with Crippen LogP contribution in [-0.2, 0) is 4.43 Å². The Kier molecular flexibility index (Phi) is 7.66. The smallest absolute Gasteiger partial charge is 0.191 e. The van der Waals surface area contributed by atoms with Gasteiger partial charge in [-0.3, -0.25) is 0 Å². The van der Waals surface area contributed by atoms with Crippen LogP contribution in [0.3, 0.4) is 0 Å². The molecule has 5 heteroatoms. The average molecular weight is 381 g/mol. The summed E-state index contributed by atoms with van der Waals surface area (Å²) >= 11 is 5.67. The summed E-state index contributed by atoms with van der Waals surface area (Å²) in [5, 5.41) is 4.44. The third-order valence-corrected chi connectivity index (χ3v) is 9.45. The van der Waals surface area contributed by atoms with E-state index in [-0.39, 0.29) is 10.6 Å². The minimum absolute atomic E-state index is 0.0538. The monoisotopic (exact) mass is 380 g/mol. The fraction of sp³-hybridized carbons (Fsp3) is 0.650. The summed E-state index contributed by atoms with van der Waals surface area (Å²) < 4.78 is 6.31. The van der Waals surface area contributed by atoms with Crippen molar-refractivity contribution >= 4 is 31.3 Å². The van der Waals surface area contributed by atoms with Crippen LogP contribution in [0, 0.1) is 0 Å². The molecule has 25 heavy (non-hydrogen) atoms. The van der Waals surface area contributed by atoms with Crippen LogP contribution in [0.1, 0.15) is 48.0 Å². The van der Waals surface area contributed by atoms with Gasteiger partial charge in [0.05, 0.1) is 0 Å². The Balaban J connectivity index is 2.71. The van der Waals surface area contributed by atoms with E-state index in [0.717, 1.165) is 30.4 Å². The van der Waals surface area contributed by atoms with Gasteiger partial charge in [0.1, 0.15) is 0 Å². The maximum atomic E-state index is 6.31. The number of anilines is 1. The quantitative estimate of drug-likeness (QED) is 0.396. The second-order valence-corrected chi connectivity index (χ2v) is 14.3. The number of benzene rings is 1. The van der Waals surface area contributed by atoms with E-state index in [1.54, 1.807) is 0 Å². The first-order chi connectivity index (χ1) is 11.3. The first-order valence-corrected chi connectivity index (χ1v) is 12.4. The lowest BCUT2D eigenvalue weighted by Gasteiger charge is -2.36. The number of nitrogens with one attached hydrogen (secondary N) is 1. The van der Waals surface area contributed by atoms with Crippen molar-refractivity contribution in [2.75, 3.05) is 18.1 Å². The van der Waals surface area contributed by atoms with Gasteiger partial charge in [-0.15, -0.1) is 0 Å². The van der Waals surface area contributed by atoms with Gasteiger partial charge in [-0.25, -0.2) is 0 Å². The Bertz CT molecular complexity index is 547. The second kappa shape index (κ2) is 8.65. The summed E-state index contributed by atoms with van der Waals surface area (Å²) in [4.78, 5) is 2.18. The molecule has 3 nitrogen and oxygen atoms in total. The Labute approximate surface area is 161 Å². The molecule has 0 radical (unpaired) electrons. The second-order valence-electron chi connectivity index (χ2n) is 9.13. The number of hydrogen-bond donors (Lipinski definition) is 1. The zero-order chi connectivity index (χ0) is 19.3. The lowest BCUT2D eigenvalue weighted by Crippen LogP contribution is -2.49. The van der Waals surface area contributed by atoms with Gasteiger partial charge in [0.15, 0.2) is 13.4 Å². The van der Waals surface area contributed by atoms with E-state index in [9.17, 15) is 0 Å². The minimum atomic E-state index is -1.69. The van der Waals surface area contributed by atoms with Crippen molar-refractivity contribution in [1.82, 2.24) is 5.32 Å². The normalized spacial score (nSPS) is 12.8. The molecule has 142 valence electrons. The van der Waals surface area contributed by atoms with Crippen molar-refractivity contribution in [2.24, 2.45) is 0 Å². The van der Waals surface area contributed by atoms with Gasteiger partial charge in [0.2, 0.25) is 0 Å². The molecule has 0 aliphatic heterocycles. The van der Waals surface area contributed by atoms with Gasteiger partial charge >= 0.3 is 0 Å². The molecule has 0 aliphatic carbocycles. The van der Waals surface area contributed by atoms with Crippen molar-refractivity contribution in [3.8, 4) is 0 Å². The van der Waals surface area contributed by atoms with E-state index >= 15 is 0 Å². The molecule has 1 aromatic rings. The summed E-state index contributed by atoms with van der Waals surface area (Å²) in [5.41, 5.74) is 1.07. The summed E-state index contributed by atoms with van der Waals surface area (Å²) in [6, 6.07) is 10.3. The highest BCUT2D eigenvalue weighted by Crippen LogP contribution is 2.36. The van der Waals surface area contributed by atoms with Gasteiger partial charge in [0.25, 0.3) is 0 Å². The molecule has 1 N–H and O–H groups in total. The predicted molar refractivity (Wildman–Crippen MR) is 117 cm³/mol. The topological polar surface area (TPSA) is 24.5 Å². The molecule has 0 bridgehead atoms. The van der Waals surface area contributed by atoms with Crippen molar-refractivity contribution < 1.29 is 4.43 Å². The van der Waals surface area contributed by atoms with Gasteiger partial charge in [-0.1, -0.05) is 39.0 Å². The highest BCUT2D eigenvalue weighted by atomic mass is 32.1. The van der Waals surface area contributed by atoms with Crippen molar-refractivity contribution in [2.45, 2.75) is 71.6 Å². The molecule has 0 spiro atoms. The zero-order valence-corrected chi connectivity index (χ0v) is 19.1. The van der Waals surface area contributed by atoms with E-state index in [4.69, 9.17) is 16.6 Å². The average Bonchev–Trinajstić information content (AvgIpc) is 2.44. The Hall–Kier alpha value is -0.913. The molecule has 0 unspecified atom stereocenters. The van der Waals surface area contributed by atoms with Gasteiger partial charge in [-0.2, -0.15) is 0 Å². The highest BCUT2D eigenvalue weighted by Gasteiger charge is 2.36. The van der Waals surface area contributed by atoms with Crippen molar-refractivity contribution in [3.05, 3.63) is 30.3 Å². The molecular formula is C20H36N2OSSi. The van der Waals surface area contributed by atoms with Crippen LogP contribution < -0.4 is 10.2 Å². The molecule has 0 saturated carbocycles. The number of thiocarbonyl (C=S) groups is 1. The van der Waals surface area contributed by atoms with Crippen LogP contribution in [0.15, 0.2) is 30.3 Å². The number of hydrogen-bond acceptors (Lipinski definition) is 2. The van der Waals surface area contributed by atoms with Crippen LogP contribution in [0.2, 0.25) is 18.1 Å². The summed E-state index contributed by atoms with van der Waals surface area (Å²) in [6.45, 7) is 19.4. The van der Waals surface area contributed by atoms with Gasteiger partial charge in [-0.05, 0) is 69.7 Å². The van der Waals surface area contributed by atoms with Crippen LogP contribution >= 0.6 is 12.2 Å². The summed E-state index contributed by atoms with van der Waals surface area (Å²) in [5.74, 6) is 0. The first kappa shape index (κ1) is 22.1. The van der Waals surface area contributed by atoms with Crippen LogP contribution in [0.5, 0.6) is 0 Å². The molecule has 1 aromatic carbocycles. The summed E-state index contributed by atoms with van der Waals surface area (Å²) in [7, 11) is -1.69. The third-order valence-electron chi connectivity index (χ3n) is 4.59. The van der Waals surface area contributed by atoms with Gasteiger partial charge < -0.3 is 14.6 Å². The highest BCUT2D eigenvalue weighted by molar-refractivity contribution is 7.80. The Morgan fingerprint density at radius 1 is 1.08 bits per heavy atom. The van der Waals surface area contributed by atoms with E-state index in [1.165, 1.54) is 0 Å². The molecule has 1 rings (SSSR count). The van der Waals surface area contributed by atoms with Crippen LogP contribution in [0.25, 0.3) is 0 Å². The standard InChI is InChI=1S/C20H36N2OSSi/c1-19(2,3)21-18(24)22(17-13-10-9-11-14-17)15-12-16-23-25(7,8)20(4,5)6/h9-11,13-14H,12,15-16H2,1-8H3,(H,21,24). The lowest BCUT2D eigenvalue weighted by molar-refractivity contribution is 0.284. The number of rotatable bonds is 6. The van der Waals surface area contributed by atoms with Crippen LogP contribution in [0.4, 0.5) is 5.69 Å². The maximum absolute atomic E-state index is 6.31. The molecule has 0 saturated heterocycles. The fourth-order valence-electron chi connectivity index (χ4n) is 2.11. The zero-order valence-electron chi connectivity index (χ0n) is 17.3. The minimum Gasteiger partial charge on any atom is -0.417 e. The molecule has 0 fully saturated rings. The first-order valence-electron chi connectivity index (χ1n) is 9.12. The molecule has 0 aromatic heterocycles. The number of para-hydroxylation sites is 1. The fourth-order valence-corrected chi connectivity index (χ4v) is 3.70. The molecule has 0 atom stereocenters. The number of nitrogens with zero attached hydrogens (tertiary/aromatic N) is 1. The van der Waals surface area contributed by atoms with Gasteiger partial charge in [0, 0.05) is 24.4 Å². The Morgan fingerprint density at radius 2 is 1.64 bits per heavy atom. The predicted octanol–water partition coefficient (Wildman–Crippen LogP) is 5.58. The lowest BCUT2D eigenvalue weighted by atomic mass is 10.1. The molecule has 0 aliphatic rings. The van der Waals surface area contributed by atoms with E-state index in [0.29, 0.717) is 0 Å². The Morgan fingerprint density at radius 3 is 2.12 bits per heavy atom. The molecular weight excluding hydrogens is 344 g/mol. The maximum Gasteiger partial charge on any atom is 0.191 e. The third kappa shape index (κ3) is 7.46. The summed E-state index contributed by atoms with van der Waals surface area (Å²) in [6.07, 6.45) is 0.952. The van der Waals surface area contributed by atoms with Crippen molar-refractivity contribution in [1.29, 1.82) is 0 Å². The largest absolute Gasteiger partial charge is 0.417 e. The SMILES string of the molecule is CC(C)(C)NC(=S)N(CCCO[Si](C)(C)C(C)(C)C)c1ccccc1. The molecule has 0 amide bonds. The molecule has 0 heterocycles. The van der Waals surface area contributed by atoms with E-state index in [2.05, 4.69) is 77.0 Å². The van der Waals surface area contributed by atoms with E-state index in [1.807, 2.05) is 18.2 Å². The van der Waals surface area contributed by atoms with Crippen LogP contribution in [-0.4, -0.2) is 32.1 Å². The van der Waals surface area contributed by atoms with E-state index < -0.39 is 8.32 Å².